The van der Waals surface area contributed by atoms with E-state index in [0.717, 1.165) is 35.0 Å². The predicted molar refractivity (Wildman–Crippen MR) is 99.8 cm³/mol. The molecule has 0 fully saturated rings. The molecule has 2 aromatic rings. The molecule has 0 N–H and O–H groups in total. The van der Waals surface area contributed by atoms with Crippen LogP contribution in [0.25, 0.3) is 0 Å². The first-order valence-electron chi connectivity index (χ1n) is 8.52. The third kappa shape index (κ3) is 2.41. The highest BCUT2D eigenvalue weighted by molar-refractivity contribution is 6.01. The molecule has 2 aliphatic rings. The molecule has 0 spiro atoms. The molecule has 2 aromatic carbocycles. The molecule has 0 atom stereocenters. The van der Waals surface area contributed by atoms with Crippen molar-refractivity contribution >= 4 is 23.0 Å². The average Bonchev–Trinajstić information content (AvgIpc) is 2.96. The first-order chi connectivity index (χ1) is 12.2. The summed E-state index contributed by atoms with van der Waals surface area (Å²) in [4.78, 5) is 17.0. The van der Waals surface area contributed by atoms with Gasteiger partial charge in [-0.2, -0.15) is 0 Å². The van der Waals surface area contributed by atoms with E-state index in [9.17, 15) is 4.79 Å². The van der Waals surface area contributed by atoms with E-state index in [-0.39, 0.29) is 5.97 Å². The maximum atomic E-state index is 12.7. The highest BCUT2D eigenvalue weighted by Gasteiger charge is 2.38. The molecule has 0 bridgehead atoms. The van der Waals surface area contributed by atoms with Crippen molar-refractivity contribution in [2.75, 3.05) is 23.0 Å². The summed E-state index contributed by atoms with van der Waals surface area (Å²) in [5.41, 5.74) is 4.80. The van der Waals surface area contributed by atoms with Gasteiger partial charge in [0.25, 0.3) is 0 Å². The second-order valence-corrected chi connectivity index (χ2v) is 6.08. The van der Waals surface area contributed by atoms with Crippen molar-refractivity contribution in [2.45, 2.75) is 13.8 Å². The Bertz CT molecular complexity index is 884. The lowest BCUT2D eigenvalue weighted by Gasteiger charge is -2.30. The molecule has 126 valence electrons. The minimum absolute atomic E-state index is 0.273. The number of carbonyl (C=O) groups excluding carboxylic acids is 1. The van der Waals surface area contributed by atoms with Crippen molar-refractivity contribution in [3.63, 3.8) is 0 Å². The Balaban J connectivity index is 1.97. The van der Waals surface area contributed by atoms with E-state index in [1.807, 2.05) is 44.2 Å². The minimum atomic E-state index is -0.273. The number of nitrogens with zero attached hydrogens (tertiary/aromatic N) is 2. The van der Waals surface area contributed by atoms with Gasteiger partial charge in [-0.05, 0) is 43.7 Å². The lowest BCUT2D eigenvalue weighted by Crippen LogP contribution is -2.33. The highest BCUT2D eigenvalue weighted by Crippen LogP contribution is 2.48. The van der Waals surface area contributed by atoms with Crippen molar-refractivity contribution in [1.82, 2.24) is 0 Å². The van der Waals surface area contributed by atoms with Crippen LogP contribution in [0.1, 0.15) is 13.8 Å². The van der Waals surface area contributed by atoms with E-state index in [2.05, 4.69) is 40.1 Å². The molecule has 0 aromatic heterocycles. The molecule has 4 heteroatoms. The van der Waals surface area contributed by atoms with Crippen LogP contribution in [0.3, 0.4) is 0 Å². The number of ether oxygens (including phenoxy) is 1. The van der Waals surface area contributed by atoms with Gasteiger partial charge in [0, 0.05) is 12.2 Å². The Hall–Kier alpha value is -3.01. The van der Waals surface area contributed by atoms with E-state index < -0.39 is 0 Å². The van der Waals surface area contributed by atoms with Crippen molar-refractivity contribution in [3.05, 3.63) is 77.6 Å². The van der Waals surface area contributed by atoms with Crippen molar-refractivity contribution in [3.8, 4) is 0 Å². The third-order valence-electron chi connectivity index (χ3n) is 4.57. The molecule has 0 aliphatic carbocycles. The fraction of sp³-hybridized carbons (Fsp3) is 0.190. The van der Waals surface area contributed by atoms with Gasteiger partial charge in [-0.25, -0.2) is 4.79 Å². The van der Waals surface area contributed by atoms with Crippen LogP contribution in [0.15, 0.2) is 77.6 Å². The fourth-order valence-electron chi connectivity index (χ4n) is 3.46. The van der Waals surface area contributed by atoms with Gasteiger partial charge in [-0.1, -0.05) is 36.4 Å². The topological polar surface area (TPSA) is 32.8 Å². The highest BCUT2D eigenvalue weighted by atomic mass is 16.5. The van der Waals surface area contributed by atoms with Gasteiger partial charge in [0.2, 0.25) is 0 Å². The second-order valence-electron chi connectivity index (χ2n) is 6.08. The SMILES string of the molecule is CCOC(=O)C1=C2N(CC=C1C)c1ccccc1N2c1ccccc1. The fourth-order valence-corrected chi connectivity index (χ4v) is 3.46. The van der Waals surface area contributed by atoms with Gasteiger partial charge in [-0.15, -0.1) is 0 Å². The zero-order chi connectivity index (χ0) is 17.4. The maximum absolute atomic E-state index is 12.7. The normalized spacial score (nSPS) is 15.7. The Morgan fingerprint density at radius 2 is 1.72 bits per heavy atom. The number of esters is 1. The standard InChI is InChI=1S/C21H20N2O2/c1-3-25-21(24)19-15(2)13-14-22-17-11-7-8-12-18(17)23(20(19)22)16-9-5-4-6-10-16/h4-13H,3,14H2,1-2H3. The number of benzene rings is 2. The van der Waals surface area contributed by atoms with E-state index in [1.165, 1.54) is 0 Å². The van der Waals surface area contributed by atoms with Crippen LogP contribution in [-0.4, -0.2) is 19.1 Å². The zero-order valence-electron chi connectivity index (χ0n) is 14.4. The van der Waals surface area contributed by atoms with Gasteiger partial charge in [0.05, 0.1) is 18.0 Å². The molecule has 0 saturated carbocycles. The Morgan fingerprint density at radius 3 is 2.44 bits per heavy atom. The number of para-hydroxylation sites is 3. The van der Waals surface area contributed by atoms with E-state index in [1.54, 1.807) is 0 Å². The van der Waals surface area contributed by atoms with Gasteiger partial charge < -0.3 is 9.64 Å². The molecule has 2 heterocycles. The number of anilines is 3. The third-order valence-corrected chi connectivity index (χ3v) is 4.57. The zero-order valence-corrected chi connectivity index (χ0v) is 14.4. The molecular formula is C21H20N2O2. The van der Waals surface area contributed by atoms with Crippen molar-refractivity contribution in [1.29, 1.82) is 0 Å². The molecule has 2 aliphatic heterocycles. The minimum Gasteiger partial charge on any atom is -0.462 e. The van der Waals surface area contributed by atoms with Gasteiger partial charge >= 0.3 is 5.97 Å². The molecule has 0 amide bonds. The monoisotopic (exact) mass is 332 g/mol. The summed E-state index contributed by atoms with van der Waals surface area (Å²) >= 11 is 0. The Labute approximate surface area is 147 Å². The summed E-state index contributed by atoms with van der Waals surface area (Å²) in [5.74, 6) is 0.607. The number of rotatable bonds is 3. The summed E-state index contributed by atoms with van der Waals surface area (Å²) in [6, 6.07) is 18.4. The lowest BCUT2D eigenvalue weighted by atomic mass is 10.0. The second kappa shape index (κ2) is 6.13. The summed E-state index contributed by atoms with van der Waals surface area (Å²) in [7, 11) is 0. The van der Waals surface area contributed by atoms with Crippen molar-refractivity contribution in [2.24, 2.45) is 0 Å². The Morgan fingerprint density at radius 1 is 1.04 bits per heavy atom. The van der Waals surface area contributed by atoms with Crippen LogP contribution in [-0.2, 0) is 9.53 Å². The molecule has 4 nitrogen and oxygen atoms in total. The summed E-state index contributed by atoms with van der Waals surface area (Å²) in [6.07, 6.45) is 2.08. The first-order valence-corrected chi connectivity index (χ1v) is 8.52. The summed E-state index contributed by atoms with van der Waals surface area (Å²) < 4.78 is 5.35. The van der Waals surface area contributed by atoms with E-state index in [0.29, 0.717) is 12.2 Å². The van der Waals surface area contributed by atoms with Crippen LogP contribution in [0.5, 0.6) is 0 Å². The Kier molecular flexibility index (Phi) is 3.80. The number of carbonyl (C=O) groups is 1. The van der Waals surface area contributed by atoms with E-state index in [4.69, 9.17) is 4.74 Å². The molecule has 0 unspecified atom stereocenters. The summed E-state index contributed by atoms with van der Waals surface area (Å²) in [5, 5.41) is 0. The quantitative estimate of drug-likeness (QED) is 0.781. The largest absolute Gasteiger partial charge is 0.462 e. The number of hydrogen-bond donors (Lipinski definition) is 0. The molecular weight excluding hydrogens is 312 g/mol. The van der Waals surface area contributed by atoms with Crippen LogP contribution in [0.2, 0.25) is 0 Å². The number of hydrogen-bond acceptors (Lipinski definition) is 4. The number of fused-ring (bicyclic) bond motifs is 3. The molecule has 4 rings (SSSR count). The first kappa shape index (κ1) is 15.5. The maximum Gasteiger partial charge on any atom is 0.342 e. The van der Waals surface area contributed by atoms with Crippen LogP contribution < -0.4 is 9.80 Å². The molecule has 25 heavy (non-hydrogen) atoms. The van der Waals surface area contributed by atoms with Crippen LogP contribution in [0, 0.1) is 0 Å². The summed E-state index contributed by atoms with van der Waals surface area (Å²) in [6.45, 7) is 4.91. The lowest BCUT2D eigenvalue weighted by molar-refractivity contribution is -0.138. The molecule has 0 saturated heterocycles. The van der Waals surface area contributed by atoms with Crippen LogP contribution in [0.4, 0.5) is 17.1 Å². The van der Waals surface area contributed by atoms with Gasteiger partial charge in [0.15, 0.2) is 0 Å². The average molecular weight is 332 g/mol. The predicted octanol–water partition coefficient (Wildman–Crippen LogP) is 4.38. The van der Waals surface area contributed by atoms with E-state index >= 15 is 0 Å². The van der Waals surface area contributed by atoms with Crippen molar-refractivity contribution < 1.29 is 9.53 Å². The van der Waals surface area contributed by atoms with Crippen LogP contribution >= 0.6 is 0 Å². The molecule has 0 radical (unpaired) electrons. The van der Waals surface area contributed by atoms with Gasteiger partial charge in [-0.3, -0.25) is 4.90 Å². The smallest absolute Gasteiger partial charge is 0.342 e. The van der Waals surface area contributed by atoms with Gasteiger partial charge in [0.1, 0.15) is 11.4 Å².